The van der Waals surface area contributed by atoms with E-state index in [-0.39, 0.29) is 29.6 Å². The van der Waals surface area contributed by atoms with Gasteiger partial charge in [-0.25, -0.2) is 9.98 Å². The number of aryl methyl sites for hydroxylation is 1. The Morgan fingerprint density at radius 3 is 2.28 bits per heavy atom. The van der Waals surface area contributed by atoms with Crippen molar-refractivity contribution in [2.75, 3.05) is 5.32 Å². The summed E-state index contributed by atoms with van der Waals surface area (Å²) in [6.07, 6.45) is 2.78. The number of nitrogens with zero attached hydrogens (tertiary/aromatic N) is 2. The minimum absolute atomic E-state index is 0. The van der Waals surface area contributed by atoms with Crippen molar-refractivity contribution in [3.63, 3.8) is 0 Å². The molecule has 0 amide bonds. The summed E-state index contributed by atoms with van der Waals surface area (Å²) in [4.78, 5) is 8.63. The summed E-state index contributed by atoms with van der Waals surface area (Å²) in [7, 11) is 0. The molecule has 0 fully saturated rings. The lowest BCUT2D eigenvalue weighted by atomic mass is 10.1. The first kappa shape index (κ1) is 21.2. The molecule has 25 heavy (non-hydrogen) atoms. The van der Waals surface area contributed by atoms with Crippen molar-refractivity contribution >= 4 is 35.6 Å². The van der Waals surface area contributed by atoms with Crippen molar-refractivity contribution in [2.45, 2.75) is 46.3 Å². The van der Waals surface area contributed by atoms with E-state index < -0.39 is 0 Å². The van der Waals surface area contributed by atoms with Crippen LogP contribution in [0, 0.1) is 0 Å². The third-order valence-electron chi connectivity index (χ3n) is 3.27. The number of nitrogens with two attached hydrogens (primary N) is 1. The van der Waals surface area contributed by atoms with Crippen molar-refractivity contribution < 1.29 is 4.74 Å². The molecule has 0 saturated heterocycles. The van der Waals surface area contributed by atoms with Gasteiger partial charge in [-0.15, -0.1) is 24.0 Å². The average Bonchev–Trinajstić information content (AvgIpc) is 2.53. The van der Waals surface area contributed by atoms with Crippen LogP contribution in [0.3, 0.4) is 0 Å². The van der Waals surface area contributed by atoms with Crippen LogP contribution in [0.25, 0.3) is 0 Å². The van der Waals surface area contributed by atoms with Gasteiger partial charge in [0, 0.05) is 18.0 Å². The van der Waals surface area contributed by atoms with Crippen LogP contribution in [0.1, 0.15) is 38.8 Å². The number of benzene rings is 1. The lowest BCUT2D eigenvalue weighted by Gasteiger charge is -2.20. The largest absolute Gasteiger partial charge is 0.472 e. The van der Waals surface area contributed by atoms with Crippen molar-refractivity contribution in [1.29, 1.82) is 0 Å². The Balaban J connectivity index is 0.00000312. The predicted octanol–water partition coefficient (Wildman–Crippen LogP) is 4.37. The summed E-state index contributed by atoms with van der Waals surface area (Å²) in [6, 6.07) is 12.0. The Morgan fingerprint density at radius 1 is 1.12 bits per heavy atom. The standard InChI is InChI=1S/C19H26N4O.HI/c1-5-14-6-9-16(10-7-14)23-18(20)22-13-15-8-11-17(21-12-15)24-19(2,3)4;/h6-12H,5,13H2,1-4H3,(H3,20,22,23);1H. The monoisotopic (exact) mass is 454 g/mol. The Bertz CT molecular complexity index is 676. The molecule has 0 spiro atoms. The van der Waals surface area contributed by atoms with E-state index in [9.17, 15) is 0 Å². The molecule has 0 bridgehead atoms. The second kappa shape index (κ2) is 9.60. The van der Waals surface area contributed by atoms with Gasteiger partial charge in [0.25, 0.3) is 0 Å². The van der Waals surface area contributed by atoms with Crippen molar-refractivity contribution in [2.24, 2.45) is 10.7 Å². The molecule has 0 aliphatic carbocycles. The molecule has 0 atom stereocenters. The number of halogens is 1. The number of ether oxygens (including phenoxy) is 1. The van der Waals surface area contributed by atoms with Crippen molar-refractivity contribution in [3.05, 3.63) is 53.7 Å². The minimum Gasteiger partial charge on any atom is -0.472 e. The van der Waals surface area contributed by atoms with Gasteiger partial charge in [0.1, 0.15) is 5.60 Å². The third-order valence-corrected chi connectivity index (χ3v) is 3.27. The Morgan fingerprint density at radius 2 is 1.76 bits per heavy atom. The average molecular weight is 454 g/mol. The van der Waals surface area contributed by atoms with E-state index in [1.54, 1.807) is 6.20 Å². The van der Waals surface area contributed by atoms with E-state index in [0.29, 0.717) is 18.4 Å². The summed E-state index contributed by atoms with van der Waals surface area (Å²) in [5, 5.41) is 3.09. The second-order valence-corrected chi connectivity index (χ2v) is 6.60. The van der Waals surface area contributed by atoms with E-state index in [1.807, 2.05) is 45.0 Å². The van der Waals surface area contributed by atoms with E-state index in [2.05, 4.69) is 34.3 Å². The van der Waals surface area contributed by atoms with Gasteiger partial charge in [0.15, 0.2) is 5.96 Å². The fourth-order valence-corrected chi connectivity index (χ4v) is 2.07. The van der Waals surface area contributed by atoms with Gasteiger partial charge < -0.3 is 15.8 Å². The van der Waals surface area contributed by atoms with Crippen LogP contribution in [-0.2, 0) is 13.0 Å². The maximum atomic E-state index is 5.93. The fourth-order valence-electron chi connectivity index (χ4n) is 2.07. The summed E-state index contributed by atoms with van der Waals surface area (Å²) in [5.41, 5.74) is 8.87. The Labute approximate surface area is 167 Å². The van der Waals surface area contributed by atoms with Crippen molar-refractivity contribution in [1.82, 2.24) is 4.98 Å². The lowest BCUT2D eigenvalue weighted by Crippen LogP contribution is -2.23. The first-order chi connectivity index (χ1) is 11.4. The van der Waals surface area contributed by atoms with E-state index in [4.69, 9.17) is 10.5 Å². The lowest BCUT2D eigenvalue weighted by molar-refractivity contribution is 0.124. The second-order valence-electron chi connectivity index (χ2n) is 6.60. The van der Waals surface area contributed by atoms with Crippen LogP contribution in [0.15, 0.2) is 47.6 Å². The molecule has 6 heteroatoms. The van der Waals surface area contributed by atoms with Crippen LogP contribution in [0.2, 0.25) is 0 Å². The number of rotatable bonds is 5. The summed E-state index contributed by atoms with van der Waals surface area (Å²) < 4.78 is 5.70. The van der Waals surface area contributed by atoms with Crippen LogP contribution in [0.5, 0.6) is 5.88 Å². The summed E-state index contributed by atoms with van der Waals surface area (Å²) in [5.74, 6) is 0.992. The number of aliphatic imine (C=N–C) groups is 1. The smallest absolute Gasteiger partial charge is 0.213 e. The number of nitrogens with one attached hydrogen (secondary N) is 1. The molecule has 1 heterocycles. The molecule has 0 unspecified atom stereocenters. The summed E-state index contributed by atoms with van der Waals surface area (Å²) in [6.45, 7) is 8.57. The molecule has 136 valence electrons. The molecule has 1 aromatic heterocycles. The van der Waals surface area contributed by atoms with E-state index in [1.165, 1.54) is 5.56 Å². The van der Waals surface area contributed by atoms with Crippen LogP contribution in [-0.4, -0.2) is 16.5 Å². The highest BCUT2D eigenvalue weighted by molar-refractivity contribution is 14.0. The maximum absolute atomic E-state index is 5.93. The molecule has 3 N–H and O–H groups in total. The van der Waals surface area contributed by atoms with Crippen molar-refractivity contribution in [3.8, 4) is 5.88 Å². The van der Waals surface area contributed by atoms with Gasteiger partial charge in [0.05, 0.1) is 6.54 Å². The first-order valence-corrected chi connectivity index (χ1v) is 8.15. The highest BCUT2D eigenvalue weighted by Crippen LogP contribution is 2.15. The Kier molecular flexibility index (Phi) is 8.15. The normalized spacial score (nSPS) is 11.6. The number of pyridine rings is 1. The number of hydrogen-bond acceptors (Lipinski definition) is 3. The third kappa shape index (κ3) is 7.72. The molecule has 1 aromatic carbocycles. The van der Waals surface area contributed by atoms with Gasteiger partial charge >= 0.3 is 0 Å². The maximum Gasteiger partial charge on any atom is 0.213 e. The zero-order valence-corrected chi connectivity index (χ0v) is 17.6. The highest BCUT2D eigenvalue weighted by Gasteiger charge is 2.12. The molecule has 0 saturated carbocycles. The predicted molar refractivity (Wildman–Crippen MR) is 115 cm³/mol. The quantitative estimate of drug-likeness (QED) is 0.400. The number of aromatic nitrogens is 1. The highest BCUT2D eigenvalue weighted by atomic mass is 127. The van der Waals surface area contributed by atoms with Gasteiger partial charge in [-0.05, 0) is 50.5 Å². The SMILES string of the molecule is CCc1ccc(NC(N)=NCc2ccc(OC(C)(C)C)nc2)cc1.I. The number of anilines is 1. The van der Waals surface area contributed by atoms with Gasteiger partial charge in [-0.1, -0.05) is 25.1 Å². The molecule has 0 aliphatic heterocycles. The number of hydrogen-bond donors (Lipinski definition) is 2. The van der Waals surface area contributed by atoms with Crippen LogP contribution >= 0.6 is 24.0 Å². The molecule has 2 rings (SSSR count). The molecule has 0 radical (unpaired) electrons. The van der Waals surface area contributed by atoms with Gasteiger partial charge in [-0.2, -0.15) is 0 Å². The zero-order valence-electron chi connectivity index (χ0n) is 15.2. The molecule has 5 nitrogen and oxygen atoms in total. The van der Waals surface area contributed by atoms with Gasteiger partial charge in [-0.3, -0.25) is 0 Å². The summed E-state index contributed by atoms with van der Waals surface area (Å²) >= 11 is 0. The first-order valence-electron chi connectivity index (χ1n) is 8.15. The Hall–Kier alpha value is -1.83. The fraction of sp³-hybridized carbons (Fsp3) is 0.368. The molecule has 2 aromatic rings. The minimum atomic E-state index is -0.256. The van der Waals surface area contributed by atoms with E-state index in [0.717, 1.165) is 17.7 Å². The van der Waals surface area contributed by atoms with Gasteiger partial charge in [0.2, 0.25) is 5.88 Å². The topological polar surface area (TPSA) is 72.5 Å². The molecule has 0 aliphatic rings. The van der Waals surface area contributed by atoms with Crippen LogP contribution < -0.4 is 15.8 Å². The van der Waals surface area contributed by atoms with E-state index >= 15 is 0 Å². The van der Waals surface area contributed by atoms with Crippen LogP contribution in [0.4, 0.5) is 5.69 Å². The molecular weight excluding hydrogens is 427 g/mol. The zero-order chi connectivity index (χ0) is 17.6. The number of guanidine groups is 1. The molecular formula is C19H27IN4O.